The number of nitrogens with one attached hydrogen (secondary N) is 1. The standard InChI is InChI=1S/C14H28N4O2S/c1-7-9-18(11(2)3)21(19,20)14-12(4)16-17(13(14)5)10-8-15-6/h11,15H,7-10H2,1-6H3. The first-order valence-corrected chi connectivity index (χ1v) is 8.91. The van der Waals surface area contributed by atoms with Gasteiger partial charge in [-0.05, 0) is 41.2 Å². The zero-order valence-corrected chi connectivity index (χ0v) is 14.8. The highest BCUT2D eigenvalue weighted by atomic mass is 32.2. The van der Waals surface area contributed by atoms with Crippen LogP contribution in [0.2, 0.25) is 0 Å². The normalized spacial score (nSPS) is 12.6. The maximum atomic E-state index is 12.9. The Bertz CT molecular complexity index is 564. The number of aromatic nitrogens is 2. The van der Waals surface area contributed by atoms with Crippen LogP contribution in [0.15, 0.2) is 4.90 Å². The predicted molar refractivity (Wildman–Crippen MR) is 84.9 cm³/mol. The smallest absolute Gasteiger partial charge is 0.246 e. The van der Waals surface area contributed by atoms with E-state index in [-0.39, 0.29) is 6.04 Å². The maximum absolute atomic E-state index is 12.9. The SMILES string of the molecule is CCCN(C(C)C)S(=O)(=O)c1c(C)nn(CCNC)c1C. The number of hydrogen-bond acceptors (Lipinski definition) is 4. The molecule has 0 bridgehead atoms. The van der Waals surface area contributed by atoms with E-state index in [9.17, 15) is 8.42 Å². The van der Waals surface area contributed by atoms with Gasteiger partial charge in [0.15, 0.2) is 0 Å². The lowest BCUT2D eigenvalue weighted by atomic mass is 10.4. The van der Waals surface area contributed by atoms with E-state index in [0.29, 0.717) is 29.4 Å². The van der Waals surface area contributed by atoms with E-state index < -0.39 is 10.0 Å². The molecule has 6 nitrogen and oxygen atoms in total. The van der Waals surface area contributed by atoms with Gasteiger partial charge in [-0.2, -0.15) is 9.40 Å². The summed E-state index contributed by atoms with van der Waals surface area (Å²) in [6.07, 6.45) is 0.795. The Morgan fingerprint density at radius 2 is 1.95 bits per heavy atom. The molecule has 0 aliphatic carbocycles. The third-order valence-corrected chi connectivity index (χ3v) is 5.80. The molecule has 0 fully saturated rings. The topological polar surface area (TPSA) is 67.2 Å². The zero-order valence-electron chi connectivity index (χ0n) is 14.0. The van der Waals surface area contributed by atoms with Crippen molar-refractivity contribution in [3.05, 3.63) is 11.4 Å². The molecule has 0 aromatic carbocycles. The number of hydrogen-bond donors (Lipinski definition) is 1. The molecular weight excluding hydrogens is 288 g/mol. The van der Waals surface area contributed by atoms with Gasteiger partial charge in [0.1, 0.15) is 4.90 Å². The average Bonchev–Trinajstić information content (AvgIpc) is 2.68. The summed E-state index contributed by atoms with van der Waals surface area (Å²) in [5.74, 6) is 0. The van der Waals surface area contributed by atoms with Gasteiger partial charge in [-0.1, -0.05) is 6.92 Å². The fourth-order valence-electron chi connectivity index (χ4n) is 2.48. The molecule has 0 amide bonds. The minimum atomic E-state index is -3.50. The minimum absolute atomic E-state index is 0.0607. The molecule has 21 heavy (non-hydrogen) atoms. The first kappa shape index (κ1) is 18.1. The molecule has 0 unspecified atom stereocenters. The van der Waals surface area contributed by atoms with Crippen LogP contribution in [-0.4, -0.2) is 48.7 Å². The highest BCUT2D eigenvalue weighted by molar-refractivity contribution is 7.89. The molecule has 0 aliphatic rings. The number of nitrogens with zero attached hydrogens (tertiary/aromatic N) is 3. The zero-order chi connectivity index (χ0) is 16.2. The molecule has 1 aromatic heterocycles. The summed E-state index contributed by atoms with van der Waals surface area (Å²) < 4.78 is 29.2. The quantitative estimate of drug-likeness (QED) is 0.790. The summed E-state index contributed by atoms with van der Waals surface area (Å²) in [4.78, 5) is 0.362. The van der Waals surface area contributed by atoms with Crippen LogP contribution in [0.3, 0.4) is 0 Å². The second-order valence-electron chi connectivity index (χ2n) is 5.54. The van der Waals surface area contributed by atoms with Crippen LogP contribution < -0.4 is 5.32 Å². The van der Waals surface area contributed by atoms with Gasteiger partial charge in [0, 0.05) is 19.1 Å². The molecule has 0 spiro atoms. The average molecular weight is 316 g/mol. The van der Waals surface area contributed by atoms with Gasteiger partial charge in [-0.3, -0.25) is 4.68 Å². The van der Waals surface area contributed by atoms with E-state index in [1.807, 2.05) is 34.7 Å². The van der Waals surface area contributed by atoms with Crippen molar-refractivity contribution >= 4 is 10.0 Å². The van der Waals surface area contributed by atoms with Gasteiger partial charge < -0.3 is 5.32 Å². The lowest BCUT2D eigenvalue weighted by Gasteiger charge is -2.25. The Kier molecular flexibility index (Phi) is 6.37. The highest BCUT2D eigenvalue weighted by Gasteiger charge is 2.31. The van der Waals surface area contributed by atoms with Crippen molar-refractivity contribution in [2.45, 2.75) is 58.5 Å². The highest BCUT2D eigenvalue weighted by Crippen LogP contribution is 2.25. The summed E-state index contributed by atoms with van der Waals surface area (Å²) >= 11 is 0. The Morgan fingerprint density at radius 1 is 1.33 bits per heavy atom. The lowest BCUT2D eigenvalue weighted by Crippen LogP contribution is -2.38. The fraction of sp³-hybridized carbons (Fsp3) is 0.786. The molecule has 0 saturated heterocycles. The predicted octanol–water partition coefficient (Wildman–Crippen LogP) is 1.53. The van der Waals surface area contributed by atoms with Crippen LogP contribution in [0.25, 0.3) is 0 Å². The van der Waals surface area contributed by atoms with Crippen molar-refractivity contribution in [2.24, 2.45) is 0 Å². The van der Waals surface area contributed by atoms with E-state index >= 15 is 0 Å². The van der Waals surface area contributed by atoms with Gasteiger partial charge >= 0.3 is 0 Å². The number of rotatable bonds is 8. The van der Waals surface area contributed by atoms with E-state index in [4.69, 9.17) is 0 Å². The van der Waals surface area contributed by atoms with Crippen molar-refractivity contribution < 1.29 is 8.42 Å². The molecule has 0 saturated carbocycles. The second-order valence-corrected chi connectivity index (χ2v) is 7.36. The molecule has 0 radical (unpaired) electrons. The molecule has 7 heteroatoms. The van der Waals surface area contributed by atoms with Gasteiger partial charge in [0.2, 0.25) is 10.0 Å². The van der Waals surface area contributed by atoms with Crippen LogP contribution in [0, 0.1) is 13.8 Å². The van der Waals surface area contributed by atoms with Gasteiger partial charge in [-0.15, -0.1) is 0 Å². The van der Waals surface area contributed by atoms with Gasteiger partial charge in [0.25, 0.3) is 0 Å². The second kappa shape index (κ2) is 7.38. The van der Waals surface area contributed by atoms with Crippen LogP contribution in [0.1, 0.15) is 38.6 Å². The van der Waals surface area contributed by atoms with Gasteiger partial charge in [-0.25, -0.2) is 8.42 Å². The minimum Gasteiger partial charge on any atom is -0.318 e. The lowest BCUT2D eigenvalue weighted by molar-refractivity contribution is 0.353. The largest absolute Gasteiger partial charge is 0.318 e. The fourth-order valence-corrected chi connectivity index (χ4v) is 4.59. The summed E-state index contributed by atoms with van der Waals surface area (Å²) in [5.41, 5.74) is 1.29. The Labute approximate surface area is 128 Å². The molecule has 1 rings (SSSR count). The molecule has 122 valence electrons. The van der Waals surface area contributed by atoms with Crippen molar-refractivity contribution in [1.29, 1.82) is 0 Å². The van der Waals surface area contributed by atoms with Crippen molar-refractivity contribution in [2.75, 3.05) is 20.1 Å². The Hall–Kier alpha value is -0.920. The van der Waals surface area contributed by atoms with Crippen LogP contribution in [0.5, 0.6) is 0 Å². The Balaban J connectivity index is 3.27. The first-order valence-electron chi connectivity index (χ1n) is 7.47. The monoisotopic (exact) mass is 316 g/mol. The van der Waals surface area contributed by atoms with Crippen molar-refractivity contribution in [1.82, 2.24) is 19.4 Å². The molecule has 1 aromatic rings. The van der Waals surface area contributed by atoms with E-state index in [0.717, 1.165) is 13.0 Å². The summed E-state index contributed by atoms with van der Waals surface area (Å²) in [6.45, 7) is 11.3. The number of aryl methyl sites for hydroxylation is 1. The summed E-state index contributed by atoms with van der Waals surface area (Å²) in [6, 6.07) is -0.0607. The molecule has 1 heterocycles. The maximum Gasteiger partial charge on any atom is 0.246 e. The van der Waals surface area contributed by atoms with Crippen molar-refractivity contribution in [3.8, 4) is 0 Å². The van der Waals surface area contributed by atoms with Gasteiger partial charge in [0.05, 0.1) is 17.9 Å². The van der Waals surface area contributed by atoms with Crippen LogP contribution >= 0.6 is 0 Å². The number of sulfonamides is 1. The van der Waals surface area contributed by atoms with E-state index in [1.165, 1.54) is 0 Å². The molecule has 0 aliphatic heterocycles. The third kappa shape index (κ3) is 3.84. The number of likely N-dealkylation sites (N-methyl/N-ethyl adjacent to an activating group) is 1. The molecule has 0 atom stereocenters. The summed E-state index contributed by atoms with van der Waals surface area (Å²) in [7, 11) is -1.63. The first-order chi connectivity index (χ1) is 9.77. The molecular formula is C14H28N4O2S. The Morgan fingerprint density at radius 3 is 2.43 bits per heavy atom. The van der Waals surface area contributed by atoms with Crippen molar-refractivity contribution in [3.63, 3.8) is 0 Å². The summed E-state index contributed by atoms with van der Waals surface area (Å²) in [5, 5.41) is 7.44. The molecule has 1 N–H and O–H groups in total. The third-order valence-electron chi connectivity index (χ3n) is 3.48. The van der Waals surface area contributed by atoms with E-state index in [2.05, 4.69) is 10.4 Å². The van der Waals surface area contributed by atoms with Crippen LogP contribution in [0.4, 0.5) is 0 Å². The van der Waals surface area contributed by atoms with E-state index in [1.54, 1.807) is 15.9 Å². The van der Waals surface area contributed by atoms with Crippen LogP contribution in [-0.2, 0) is 16.6 Å².